The summed E-state index contributed by atoms with van der Waals surface area (Å²) in [7, 11) is 0. The maximum atomic E-state index is 8.94. The lowest BCUT2D eigenvalue weighted by atomic mass is 9.87. The fraction of sp³-hybridized carbons (Fsp3) is 1.00. The van der Waals surface area contributed by atoms with Crippen LogP contribution in [0.4, 0.5) is 0 Å². The van der Waals surface area contributed by atoms with Gasteiger partial charge in [-0.2, -0.15) is 0 Å². The maximum Gasteiger partial charge on any atom is 0.0524 e. The fourth-order valence-corrected chi connectivity index (χ4v) is 1.32. The molecule has 0 aromatic carbocycles. The predicted molar refractivity (Wildman–Crippen MR) is 45.3 cm³/mol. The zero-order valence-corrected chi connectivity index (χ0v) is 7.09. The SMILES string of the molecule is CC(O)CCNC1CC(N)C1. The van der Waals surface area contributed by atoms with E-state index in [0.717, 1.165) is 25.8 Å². The largest absolute Gasteiger partial charge is 0.393 e. The number of nitrogens with one attached hydrogen (secondary N) is 1. The van der Waals surface area contributed by atoms with Crippen molar-refractivity contribution in [3.8, 4) is 0 Å². The Balaban J connectivity index is 1.89. The number of aliphatic hydroxyl groups is 1. The number of nitrogens with two attached hydrogens (primary N) is 1. The van der Waals surface area contributed by atoms with Crippen molar-refractivity contribution in [3.63, 3.8) is 0 Å². The minimum absolute atomic E-state index is 0.184. The summed E-state index contributed by atoms with van der Waals surface area (Å²) in [5.41, 5.74) is 5.61. The Bertz CT molecular complexity index is 111. The maximum absolute atomic E-state index is 8.94. The van der Waals surface area contributed by atoms with Gasteiger partial charge in [-0.15, -0.1) is 0 Å². The van der Waals surface area contributed by atoms with Gasteiger partial charge in [-0.1, -0.05) is 0 Å². The number of aliphatic hydroxyl groups excluding tert-OH is 1. The van der Waals surface area contributed by atoms with Crippen LogP contribution in [0.5, 0.6) is 0 Å². The second-order valence-electron chi connectivity index (χ2n) is 3.52. The molecule has 66 valence electrons. The van der Waals surface area contributed by atoms with Crippen molar-refractivity contribution in [2.45, 2.75) is 44.4 Å². The van der Waals surface area contributed by atoms with E-state index in [1.807, 2.05) is 6.92 Å². The Hall–Kier alpha value is -0.120. The minimum Gasteiger partial charge on any atom is -0.393 e. The molecule has 0 spiro atoms. The standard InChI is InChI=1S/C8H18N2O/c1-6(11)2-3-10-8-4-7(9)5-8/h6-8,10-11H,2-5,9H2,1H3. The van der Waals surface area contributed by atoms with E-state index in [0.29, 0.717) is 12.1 Å². The molecular formula is C8H18N2O. The van der Waals surface area contributed by atoms with Crippen molar-refractivity contribution >= 4 is 0 Å². The number of hydrogen-bond donors (Lipinski definition) is 3. The summed E-state index contributed by atoms with van der Waals surface area (Å²) in [6, 6.07) is 1.03. The zero-order chi connectivity index (χ0) is 8.27. The monoisotopic (exact) mass is 158 g/mol. The lowest BCUT2D eigenvalue weighted by molar-refractivity contribution is 0.177. The highest BCUT2D eigenvalue weighted by Gasteiger charge is 2.24. The van der Waals surface area contributed by atoms with Gasteiger partial charge in [0.25, 0.3) is 0 Å². The molecule has 0 bridgehead atoms. The van der Waals surface area contributed by atoms with Gasteiger partial charge in [0.1, 0.15) is 0 Å². The van der Waals surface area contributed by atoms with Crippen molar-refractivity contribution in [2.75, 3.05) is 6.54 Å². The molecule has 0 amide bonds. The zero-order valence-electron chi connectivity index (χ0n) is 7.09. The Morgan fingerprint density at radius 1 is 1.64 bits per heavy atom. The summed E-state index contributed by atoms with van der Waals surface area (Å²) < 4.78 is 0. The molecule has 0 aromatic heterocycles. The van der Waals surface area contributed by atoms with Crippen LogP contribution in [0.25, 0.3) is 0 Å². The second kappa shape index (κ2) is 4.04. The van der Waals surface area contributed by atoms with E-state index in [1.165, 1.54) is 0 Å². The van der Waals surface area contributed by atoms with Crippen LogP contribution in [0.15, 0.2) is 0 Å². The lowest BCUT2D eigenvalue weighted by Gasteiger charge is -2.33. The first-order valence-corrected chi connectivity index (χ1v) is 4.35. The molecule has 0 aromatic rings. The van der Waals surface area contributed by atoms with Gasteiger partial charge in [0.15, 0.2) is 0 Å². The molecule has 1 saturated carbocycles. The Labute approximate surface area is 68.0 Å². The molecule has 0 saturated heterocycles. The molecule has 3 nitrogen and oxygen atoms in total. The van der Waals surface area contributed by atoms with Crippen LogP contribution in [-0.4, -0.2) is 29.8 Å². The third-order valence-corrected chi connectivity index (χ3v) is 2.17. The molecule has 1 fully saturated rings. The lowest BCUT2D eigenvalue weighted by Crippen LogP contribution is -2.48. The van der Waals surface area contributed by atoms with Crippen molar-refractivity contribution in [1.29, 1.82) is 0 Å². The van der Waals surface area contributed by atoms with Crippen LogP contribution >= 0.6 is 0 Å². The molecule has 0 aliphatic heterocycles. The molecule has 1 rings (SSSR count). The normalized spacial score (nSPS) is 33.0. The van der Waals surface area contributed by atoms with E-state index in [1.54, 1.807) is 0 Å². The Kier molecular flexibility index (Phi) is 3.30. The van der Waals surface area contributed by atoms with Crippen molar-refractivity contribution < 1.29 is 5.11 Å². The Morgan fingerprint density at radius 2 is 2.27 bits per heavy atom. The van der Waals surface area contributed by atoms with Gasteiger partial charge in [0.05, 0.1) is 6.10 Å². The van der Waals surface area contributed by atoms with Gasteiger partial charge in [-0.25, -0.2) is 0 Å². The summed E-state index contributed by atoms with van der Waals surface area (Å²) in [4.78, 5) is 0. The van der Waals surface area contributed by atoms with E-state index < -0.39 is 0 Å². The van der Waals surface area contributed by atoms with Crippen LogP contribution in [0.3, 0.4) is 0 Å². The smallest absolute Gasteiger partial charge is 0.0524 e. The van der Waals surface area contributed by atoms with Gasteiger partial charge in [0.2, 0.25) is 0 Å². The van der Waals surface area contributed by atoms with Gasteiger partial charge in [-0.3, -0.25) is 0 Å². The van der Waals surface area contributed by atoms with Crippen LogP contribution < -0.4 is 11.1 Å². The number of rotatable bonds is 4. The summed E-state index contributed by atoms with van der Waals surface area (Å²) >= 11 is 0. The van der Waals surface area contributed by atoms with Crippen molar-refractivity contribution in [2.24, 2.45) is 5.73 Å². The van der Waals surface area contributed by atoms with E-state index in [4.69, 9.17) is 10.8 Å². The van der Waals surface area contributed by atoms with Crippen LogP contribution in [0.2, 0.25) is 0 Å². The van der Waals surface area contributed by atoms with Gasteiger partial charge >= 0.3 is 0 Å². The highest BCUT2D eigenvalue weighted by Crippen LogP contribution is 2.16. The summed E-state index contributed by atoms with van der Waals surface area (Å²) in [5.74, 6) is 0. The summed E-state index contributed by atoms with van der Waals surface area (Å²) in [6.45, 7) is 2.73. The minimum atomic E-state index is -0.184. The molecule has 1 aliphatic carbocycles. The topological polar surface area (TPSA) is 58.3 Å². The van der Waals surface area contributed by atoms with Crippen LogP contribution in [-0.2, 0) is 0 Å². The molecule has 4 N–H and O–H groups in total. The molecule has 0 radical (unpaired) electrons. The van der Waals surface area contributed by atoms with Crippen molar-refractivity contribution in [3.05, 3.63) is 0 Å². The molecule has 1 unspecified atom stereocenters. The summed E-state index contributed by atoms with van der Waals surface area (Å²) in [5, 5.41) is 12.3. The average molecular weight is 158 g/mol. The first-order valence-electron chi connectivity index (χ1n) is 4.35. The first kappa shape index (κ1) is 8.97. The molecular weight excluding hydrogens is 140 g/mol. The molecule has 11 heavy (non-hydrogen) atoms. The second-order valence-corrected chi connectivity index (χ2v) is 3.52. The summed E-state index contributed by atoms with van der Waals surface area (Å²) in [6.07, 6.45) is 2.85. The highest BCUT2D eigenvalue weighted by atomic mass is 16.3. The van der Waals surface area contributed by atoms with Crippen molar-refractivity contribution in [1.82, 2.24) is 5.32 Å². The average Bonchev–Trinajstić information content (AvgIpc) is 1.83. The van der Waals surface area contributed by atoms with E-state index in [2.05, 4.69) is 5.32 Å². The highest BCUT2D eigenvalue weighted by molar-refractivity contribution is 4.87. The van der Waals surface area contributed by atoms with Crippen LogP contribution in [0, 0.1) is 0 Å². The molecule has 3 heteroatoms. The quantitative estimate of drug-likeness (QED) is 0.532. The molecule has 1 atom stereocenters. The molecule has 0 heterocycles. The van der Waals surface area contributed by atoms with Gasteiger partial charge in [-0.05, 0) is 32.7 Å². The van der Waals surface area contributed by atoms with Crippen LogP contribution in [0.1, 0.15) is 26.2 Å². The Morgan fingerprint density at radius 3 is 2.73 bits per heavy atom. The van der Waals surface area contributed by atoms with E-state index >= 15 is 0 Å². The fourth-order valence-electron chi connectivity index (χ4n) is 1.32. The van der Waals surface area contributed by atoms with Gasteiger partial charge < -0.3 is 16.2 Å². The van der Waals surface area contributed by atoms with E-state index in [9.17, 15) is 0 Å². The van der Waals surface area contributed by atoms with E-state index in [-0.39, 0.29) is 6.10 Å². The predicted octanol–water partition coefficient (Wildman–Crippen LogP) is -0.163. The number of hydrogen-bond acceptors (Lipinski definition) is 3. The third kappa shape index (κ3) is 3.18. The molecule has 1 aliphatic rings. The van der Waals surface area contributed by atoms with Gasteiger partial charge in [0, 0.05) is 12.1 Å². The third-order valence-electron chi connectivity index (χ3n) is 2.17. The first-order chi connectivity index (χ1) is 5.18.